The van der Waals surface area contributed by atoms with Crippen LogP contribution in [0.15, 0.2) is 4.99 Å². The number of rotatable bonds is 5. The first kappa shape index (κ1) is 8.76. The first-order valence-corrected chi connectivity index (χ1v) is 3.44. The quantitative estimate of drug-likeness (QED) is 0.332. The second-order valence-corrected chi connectivity index (χ2v) is 1.71. The second-order valence-electron chi connectivity index (χ2n) is 1.52. The molecule has 0 N–H and O–H groups in total. The van der Waals surface area contributed by atoms with E-state index in [0.29, 0.717) is 0 Å². The van der Waals surface area contributed by atoms with Crippen molar-refractivity contribution in [3.63, 3.8) is 0 Å². The van der Waals surface area contributed by atoms with Crippen molar-refractivity contribution in [3.8, 4) is 0 Å². The van der Waals surface area contributed by atoms with Gasteiger partial charge in [-0.1, -0.05) is 0 Å². The fraction of sp³-hybridized carbons (Fsp3) is 0.833. The zero-order chi connectivity index (χ0) is 6.95. The van der Waals surface area contributed by atoms with Gasteiger partial charge in [0.1, 0.15) is 0 Å². The van der Waals surface area contributed by atoms with Crippen LogP contribution in [0.4, 0.5) is 0 Å². The van der Waals surface area contributed by atoms with Crippen LogP contribution in [0.1, 0.15) is 13.3 Å². The van der Waals surface area contributed by atoms with E-state index in [1.165, 1.54) is 0 Å². The summed E-state index contributed by atoms with van der Waals surface area (Å²) in [5.74, 6) is 0. The van der Waals surface area contributed by atoms with Crippen molar-refractivity contribution in [1.29, 1.82) is 0 Å². The lowest BCUT2D eigenvalue weighted by atomic mass is 10.5. The minimum atomic E-state index is 0.740. The van der Waals surface area contributed by atoms with Crippen LogP contribution in [0, 0.1) is 0 Å². The first-order valence-electron chi connectivity index (χ1n) is 3.03. The molecule has 0 heterocycles. The molecule has 0 aromatic rings. The molecule has 9 heavy (non-hydrogen) atoms. The van der Waals surface area contributed by atoms with Gasteiger partial charge in [-0.2, -0.15) is 0 Å². The van der Waals surface area contributed by atoms with Crippen LogP contribution in [-0.2, 0) is 4.74 Å². The van der Waals surface area contributed by atoms with E-state index in [9.17, 15) is 0 Å². The molecule has 0 aromatic heterocycles. The predicted molar refractivity (Wildman–Crippen MR) is 41.0 cm³/mol. The van der Waals surface area contributed by atoms with Gasteiger partial charge in [0, 0.05) is 13.2 Å². The number of aliphatic imine (C=N–C) groups is 1. The number of hydrogen-bond donors (Lipinski definition) is 0. The number of isothiocyanates is 1. The monoisotopic (exact) mass is 145 g/mol. The Hall–Kier alpha value is -0.240. The smallest absolute Gasteiger partial charge is 0.0584 e. The summed E-state index contributed by atoms with van der Waals surface area (Å²) in [6, 6.07) is 0. The standard InChI is InChI=1S/C6H11NOS/c1-2-8-5-3-4-7-6-9/h2-5H2,1H3. The molecule has 52 valence electrons. The van der Waals surface area contributed by atoms with Gasteiger partial charge in [0.05, 0.1) is 11.7 Å². The van der Waals surface area contributed by atoms with Crippen LogP contribution >= 0.6 is 12.2 Å². The van der Waals surface area contributed by atoms with Crippen molar-refractivity contribution >= 4 is 17.4 Å². The molecule has 0 bridgehead atoms. The Balaban J connectivity index is 2.82. The fourth-order valence-electron chi connectivity index (χ4n) is 0.436. The minimum absolute atomic E-state index is 0.740. The van der Waals surface area contributed by atoms with E-state index in [2.05, 4.69) is 22.4 Å². The van der Waals surface area contributed by atoms with E-state index in [0.717, 1.165) is 26.2 Å². The highest BCUT2D eigenvalue weighted by atomic mass is 32.1. The van der Waals surface area contributed by atoms with Gasteiger partial charge in [0.2, 0.25) is 0 Å². The summed E-state index contributed by atoms with van der Waals surface area (Å²) >= 11 is 4.37. The number of ether oxygens (including phenoxy) is 1. The highest BCUT2D eigenvalue weighted by Crippen LogP contribution is 1.81. The third kappa shape index (κ3) is 7.76. The van der Waals surface area contributed by atoms with E-state index in [1.807, 2.05) is 6.92 Å². The van der Waals surface area contributed by atoms with Gasteiger partial charge in [0.15, 0.2) is 0 Å². The summed E-state index contributed by atoms with van der Waals surface area (Å²) in [7, 11) is 0. The molecular formula is C6H11NOS. The van der Waals surface area contributed by atoms with Gasteiger partial charge in [-0.15, -0.1) is 0 Å². The average molecular weight is 145 g/mol. The van der Waals surface area contributed by atoms with Crippen molar-refractivity contribution in [2.75, 3.05) is 19.8 Å². The zero-order valence-electron chi connectivity index (χ0n) is 5.59. The van der Waals surface area contributed by atoms with Crippen LogP contribution in [0.3, 0.4) is 0 Å². The van der Waals surface area contributed by atoms with Crippen LogP contribution in [0.25, 0.3) is 0 Å². The van der Waals surface area contributed by atoms with Crippen LogP contribution in [0.5, 0.6) is 0 Å². The van der Waals surface area contributed by atoms with E-state index in [1.54, 1.807) is 0 Å². The molecule has 0 radical (unpaired) electrons. The third-order valence-corrected chi connectivity index (χ3v) is 0.956. The number of thiocarbonyl (C=S) groups is 1. The Morgan fingerprint density at radius 3 is 3.00 bits per heavy atom. The van der Waals surface area contributed by atoms with Gasteiger partial charge in [-0.05, 0) is 25.6 Å². The van der Waals surface area contributed by atoms with Crippen molar-refractivity contribution in [2.45, 2.75) is 13.3 Å². The van der Waals surface area contributed by atoms with Crippen molar-refractivity contribution in [2.24, 2.45) is 4.99 Å². The zero-order valence-corrected chi connectivity index (χ0v) is 6.41. The van der Waals surface area contributed by atoms with Crippen LogP contribution in [-0.4, -0.2) is 24.9 Å². The Kier molecular flexibility index (Phi) is 7.55. The molecule has 0 aromatic carbocycles. The van der Waals surface area contributed by atoms with E-state index in [-0.39, 0.29) is 0 Å². The molecule has 0 fully saturated rings. The Morgan fingerprint density at radius 2 is 2.44 bits per heavy atom. The summed E-state index contributed by atoms with van der Waals surface area (Å²) in [6.07, 6.45) is 0.942. The van der Waals surface area contributed by atoms with E-state index < -0.39 is 0 Å². The number of hydrogen-bond acceptors (Lipinski definition) is 3. The molecule has 0 amide bonds. The van der Waals surface area contributed by atoms with Crippen molar-refractivity contribution in [1.82, 2.24) is 0 Å². The molecule has 0 spiro atoms. The highest BCUT2D eigenvalue weighted by Gasteiger charge is 1.81. The number of nitrogens with zero attached hydrogens (tertiary/aromatic N) is 1. The lowest BCUT2D eigenvalue weighted by molar-refractivity contribution is 0.146. The molecule has 0 saturated heterocycles. The summed E-state index contributed by atoms with van der Waals surface area (Å²) in [5, 5.41) is 2.30. The van der Waals surface area contributed by atoms with Crippen molar-refractivity contribution in [3.05, 3.63) is 0 Å². The minimum Gasteiger partial charge on any atom is -0.382 e. The summed E-state index contributed by atoms with van der Waals surface area (Å²) in [4.78, 5) is 3.73. The van der Waals surface area contributed by atoms with Crippen LogP contribution in [0.2, 0.25) is 0 Å². The highest BCUT2D eigenvalue weighted by molar-refractivity contribution is 7.78. The van der Waals surface area contributed by atoms with Crippen LogP contribution < -0.4 is 0 Å². The summed E-state index contributed by atoms with van der Waals surface area (Å²) in [5.41, 5.74) is 0. The second kappa shape index (κ2) is 7.76. The molecule has 2 nitrogen and oxygen atoms in total. The Morgan fingerprint density at radius 1 is 1.67 bits per heavy atom. The van der Waals surface area contributed by atoms with Crippen molar-refractivity contribution < 1.29 is 4.74 Å². The molecule has 0 unspecified atom stereocenters. The lowest BCUT2D eigenvalue weighted by Gasteiger charge is -1.94. The maximum Gasteiger partial charge on any atom is 0.0584 e. The molecule has 0 aliphatic heterocycles. The largest absolute Gasteiger partial charge is 0.382 e. The fourth-order valence-corrected chi connectivity index (χ4v) is 0.527. The summed E-state index contributed by atoms with van der Waals surface area (Å²) < 4.78 is 5.06. The molecule has 0 saturated carbocycles. The topological polar surface area (TPSA) is 21.6 Å². The van der Waals surface area contributed by atoms with Gasteiger partial charge < -0.3 is 4.74 Å². The van der Waals surface area contributed by atoms with E-state index in [4.69, 9.17) is 4.74 Å². The maximum absolute atomic E-state index is 5.06. The normalized spacial score (nSPS) is 8.56. The molecule has 0 aliphatic carbocycles. The predicted octanol–water partition coefficient (Wildman–Crippen LogP) is 1.52. The van der Waals surface area contributed by atoms with Gasteiger partial charge in [-0.3, -0.25) is 0 Å². The average Bonchev–Trinajstić information content (AvgIpc) is 1.89. The molecule has 0 aliphatic rings. The maximum atomic E-state index is 5.06. The molecule has 0 rings (SSSR count). The van der Waals surface area contributed by atoms with Gasteiger partial charge >= 0.3 is 0 Å². The van der Waals surface area contributed by atoms with E-state index >= 15 is 0 Å². The summed E-state index contributed by atoms with van der Waals surface area (Å²) in [6.45, 7) is 4.27. The Bertz CT molecular complexity index is 99.2. The Labute approximate surface area is 60.9 Å². The van der Waals surface area contributed by atoms with Gasteiger partial charge in [0.25, 0.3) is 0 Å². The molecule has 3 heteroatoms. The lowest BCUT2D eigenvalue weighted by Crippen LogP contribution is -1.94. The SMILES string of the molecule is CCOCCCN=C=S. The van der Waals surface area contributed by atoms with Gasteiger partial charge in [-0.25, -0.2) is 4.99 Å². The first-order chi connectivity index (χ1) is 4.41. The third-order valence-electron chi connectivity index (χ3n) is 0.827. The molecular weight excluding hydrogens is 134 g/mol. The molecule has 0 atom stereocenters.